The standard InChI is InChI=1S/C16H22N4O2S/c1-16(2,3)13-6-4-12(5-7-13)14-17-15(19-18-14)20-8-10-23(21,22)11-9-20/h4-7H,8-11H2,1-3H3,(H,17,18,19). The third-order valence-electron chi connectivity index (χ3n) is 4.13. The van der Waals surface area contributed by atoms with E-state index >= 15 is 0 Å². The molecular weight excluding hydrogens is 312 g/mol. The predicted octanol–water partition coefficient (Wildman–Crippen LogP) is 2.00. The van der Waals surface area contributed by atoms with E-state index in [1.54, 1.807) is 0 Å². The number of rotatable bonds is 2. The van der Waals surface area contributed by atoms with Crippen LogP contribution in [0.5, 0.6) is 0 Å². The first-order chi connectivity index (χ1) is 10.7. The van der Waals surface area contributed by atoms with Crippen LogP contribution < -0.4 is 4.90 Å². The summed E-state index contributed by atoms with van der Waals surface area (Å²) in [4.78, 5) is 6.42. The summed E-state index contributed by atoms with van der Waals surface area (Å²) in [5.41, 5.74) is 2.35. The summed E-state index contributed by atoms with van der Waals surface area (Å²) < 4.78 is 23.0. The number of hydrogen-bond acceptors (Lipinski definition) is 5. The van der Waals surface area contributed by atoms with Gasteiger partial charge in [-0.25, -0.2) is 8.42 Å². The molecule has 1 N–H and O–H groups in total. The first-order valence-electron chi connectivity index (χ1n) is 7.73. The molecule has 0 saturated carbocycles. The highest BCUT2D eigenvalue weighted by atomic mass is 32.2. The number of aromatic amines is 1. The summed E-state index contributed by atoms with van der Waals surface area (Å²) in [6, 6.07) is 8.27. The second-order valence-electron chi connectivity index (χ2n) is 6.95. The normalized spacial score (nSPS) is 18.1. The predicted molar refractivity (Wildman–Crippen MR) is 91.4 cm³/mol. The van der Waals surface area contributed by atoms with Crippen LogP contribution >= 0.6 is 0 Å². The van der Waals surface area contributed by atoms with Crippen molar-refractivity contribution in [1.82, 2.24) is 15.2 Å². The lowest BCUT2D eigenvalue weighted by molar-refractivity contribution is 0.585. The molecule has 1 aromatic carbocycles. The van der Waals surface area contributed by atoms with Crippen LogP contribution in [0, 0.1) is 0 Å². The minimum absolute atomic E-state index is 0.115. The first kappa shape index (κ1) is 16.0. The number of hydrogen-bond donors (Lipinski definition) is 1. The van der Waals surface area contributed by atoms with E-state index < -0.39 is 9.84 Å². The molecule has 7 heteroatoms. The largest absolute Gasteiger partial charge is 0.338 e. The quantitative estimate of drug-likeness (QED) is 0.909. The van der Waals surface area contributed by atoms with Crippen molar-refractivity contribution in [2.45, 2.75) is 26.2 Å². The van der Waals surface area contributed by atoms with Crippen molar-refractivity contribution in [3.63, 3.8) is 0 Å². The Morgan fingerprint density at radius 1 is 1.09 bits per heavy atom. The zero-order valence-electron chi connectivity index (χ0n) is 13.7. The molecule has 0 aliphatic carbocycles. The van der Waals surface area contributed by atoms with Crippen LogP contribution in [0.15, 0.2) is 24.3 Å². The van der Waals surface area contributed by atoms with Crippen LogP contribution in [0.25, 0.3) is 11.4 Å². The van der Waals surface area contributed by atoms with Crippen molar-refractivity contribution in [2.24, 2.45) is 0 Å². The van der Waals surface area contributed by atoms with Gasteiger partial charge in [0.2, 0.25) is 5.95 Å². The van der Waals surface area contributed by atoms with Crippen LogP contribution in [-0.4, -0.2) is 48.2 Å². The molecule has 0 radical (unpaired) electrons. The third-order valence-corrected chi connectivity index (χ3v) is 5.73. The van der Waals surface area contributed by atoms with E-state index in [4.69, 9.17) is 0 Å². The van der Waals surface area contributed by atoms with Gasteiger partial charge in [-0.05, 0) is 11.0 Å². The van der Waals surface area contributed by atoms with E-state index in [2.05, 4.69) is 48.1 Å². The first-order valence-corrected chi connectivity index (χ1v) is 9.55. The molecule has 1 saturated heterocycles. The smallest absolute Gasteiger partial charge is 0.245 e. The average Bonchev–Trinajstić information content (AvgIpc) is 2.96. The average molecular weight is 334 g/mol. The summed E-state index contributed by atoms with van der Waals surface area (Å²) in [6.07, 6.45) is 0. The van der Waals surface area contributed by atoms with E-state index in [0.29, 0.717) is 24.9 Å². The monoisotopic (exact) mass is 334 g/mol. The lowest BCUT2D eigenvalue weighted by atomic mass is 9.87. The lowest BCUT2D eigenvalue weighted by Crippen LogP contribution is -2.40. The van der Waals surface area contributed by atoms with Gasteiger partial charge in [0, 0.05) is 18.7 Å². The van der Waals surface area contributed by atoms with Gasteiger partial charge in [-0.1, -0.05) is 45.0 Å². The second kappa shape index (κ2) is 5.63. The molecule has 2 heterocycles. The van der Waals surface area contributed by atoms with Gasteiger partial charge >= 0.3 is 0 Å². The Labute approximate surface area is 136 Å². The van der Waals surface area contributed by atoms with E-state index in [1.165, 1.54) is 5.56 Å². The summed E-state index contributed by atoms with van der Waals surface area (Å²) >= 11 is 0. The van der Waals surface area contributed by atoms with Gasteiger partial charge in [-0.2, -0.15) is 4.98 Å². The van der Waals surface area contributed by atoms with Crippen molar-refractivity contribution in [3.05, 3.63) is 29.8 Å². The number of nitrogens with zero attached hydrogens (tertiary/aromatic N) is 3. The Bertz CT molecular complexity index is 774. The molecule has 0 unspecified atom stereocenters. The van der Waals surface area contributed by atoms with Gasteiger partial charge in [0.25, 0.3) is 0 Å². The molecule has 1 aromatic heterocycles. The fraction of sp³-hybridized carbons (Fsp3) is 0.500. The SMILES string of the molecule is CC(C)(C)c1ccc(-c2nc(N3CCS(=O)(=O)CC3)n[nH]2)cc1. The van der Waals surface area contributed by atoms with Gasteiger partial charge in [0.15, 0.2) is 15.7 Å². The van der Waals surface area contributed by atoms with Crippen LogP contribution in [0.2, 0.25) is 0 Å². The van der Waals surface area contributed by atoms with Crippen LogP contribution in [0.1, 0.15) is 26.3 Å². The Morgan fingerprint density at radius 2 is 1.70 bits per heavy atom. The molecule has 3 rings (SSSR count). The van der Waals surface area contributed by atoms with Gasteiger partial charge < -0.3 is 4.90 Å². The van der Waals surface area contributed by atoms with E-state index in [9.17, 15) is 8.42 Å². The maximum atomic E-state index is 11.5. The molecule has 0 amide bonds. The summed E-state index contributed by atoms with van der Waals surface area (Å²) in [6.45, 7) is 7.43. The molecule has 6 nitrogen and oxygen atoms in total. The molecular formula is C16H22N4O2S. The molecule has 0 bridgehead atoms. The molecule has 1 aliphatic rings. The maximum Gasteiger partial charge on any atom is 0.245 e. The van der Waals surface area contributed by atoms with Crippen molar-refractivity contribution >= 4 is 15.8 Å². The highest BCUT2D eigenvalue weighted by molar-refractivity contribution is 7.91. The summed E-state index contributed by atoms with van der Waals surface area (Å²) in [5, 5.41) is 7.18. The lowest BCUT2D eigenvalue weighted by Gasteiger charge is -2.25. The minimum atomic E-state index is -2.90. The number of nitrogens with one attached hydrogen (secondary N) is 1. The minimum Gasteiger partial charge on any atom is -0.338 e. The fourth-order valence-corrected chi connectivity index (χ4v) is 3.77. The zero-order valence-corrected chi connectivity index (χ0v) is 14.5. The molecule has 0 atom stereocenters. The molecule has 2 aromatic rings. The second-order valence-corrected chi connectivity index (χ2v) is 9.25. The number of sulfone groups is 1. The maximum absolute atomic E-state index is 11.5. The summed E-state index contributed by atoms with van der Waals surface area (Å²) in [7, 11) is -2.90. The molecule has 1 fully saturated rings. The van der Waals surface area contributed by atoms with Crippen molar-refractivity contribution in [1.29, 1.82) is 0 Å². The third kappa shape index (κ3) is 3.55. The molecule has 124 valence electrons. The molecule has 0 spiro atoms. The van der Waals surface area contributed by atoms with E-state index in [1.807, 2.05) is 17.0 Å². The number of benzene rings is 1. The van der Waals surface area contributed by atoms with Crippen LogP contribution in [0.4, 0.5) is 5.95 Å². The zero-order chi connectivity index (χ0) is 16.7. The molecule has 1 aliphatic heterocycles. The molecule has 23 heavy (non-hydrogen) atoms. The number of anilines is 1. The van der Waals surface area contributed by atoms with Crippen LogP contribution in [0.3, 0.4) is 0 Å². The van der Waals surface area contributed by atoms with Crippen molar-refractivity contribution in [2.75, 3.05) is 29.5 Å². The van der Waals surface area contributed by atoms with Gasteiger partial charge in [-0.3, -0.25) is 5.10 Å². The van der Waals surface area contributed by atoms with Crippen LogP contribution in [-0.2, 0) is 15.3 Å². The summed E-state index contributed by atoms with van der Waals surface area (Å²) in [5.74, 6) is 1.59. The number of aromatic nitrogens is 3. The fourth-order valence-electron chi connectivity index (χ4n) is 2.56. The van der Waals surface area contributed by atoms with Crippen molar-refractivity contribution in [3.8, 4) is 11.4 Å². The number of H-pyrrole nitrogens is 1. The van der Waals surface area contributed by atoms with Gasteiger partial charge in [-0.15, -0.1) is 5.10 Å². The van der Waals surface area contributed by atoms with Crippen molar-refractivity contribution < 1.29 is 8.42 Å². The van der Waals surface area contributed by atoms with E-state index in [-0.39, 0.29) is 16.9 Å². The highest BCUT2D eigenvalue weighted by Gasteiger charge is 2.24. The topological polar surface area (TPSA) is 79.0 Å². The Morgan fingerprint density at radius 3 is 2.26 bits per heavy atom. The highest BCUT2D eigenvalue weighted by Crippen LogP contribution is 2.25. The Balaban J connectivity index is 1.77. The Kier molecular flexibility index (Phi) is 3.91. The van der Waals surface area contributed by atoms with E-state index in [0.717, 1.165) is 5.56 Å². The van der Waals surface area contributed by atoms with Gasteiger partial charge in [0.1, 0.15) is 0 Å². The van der Waals surface area contributed by atoms with Gasteiger partial charge in [0.05, 0.1) is 11.5 Å². The Hall–Kier alpha value is -1.89.